The van der Waals surface area contributed by atoms with E-state index < -0.39 is 0 Å². The van der Waals surface area contributed by atoms with Crippen LogP contribution in [0.4, 0.5) is 0 Å². The van der Waals surface area contributed by atoms with E-state index in [-0.39, 0.29) is 5.41 Å². The van der Waals surface area contributed by atoms with Crippen LogP contribution in [0.5, 0.6) is 0 Å². The maximum absolute atomic E-state index is 3.78. The van der Waals surface area contributed by atoms with Crippen molar-refractivity contribution in [2.45, 2.75) is 25.2 Å². The minimum atomic E-state index is 0.172. The van der Waals surface area contributed by atoms with E-state index in [1.54, 1.807) is 0 Å². The van der Waals surface area contributed by atoms with Gasteiger partial charge in [0.15, 0.2) is 0 Å². The molecule has 0 nitrogen and oxygen atoms in total. The summed E-state index contributed by atoms with van der Waals surface area (Å²) >= 11 is 5.64. The van der Waals surface area contributed by atoms with Gasteiger partial charge in [0.2, 0.25) is 0 Å². The average molecular weight is 359 g/mol. The standard InChI is InChI=1S/C19H19BrS/c1-2-19(14-20,16-8-4-3-5-9-16)12-15-13-21-18-11-7-6-10-17(15)18/h3-11,13H,2,12,14H2,1H3. The molecular formula is C19H19BrS. The second kappa shape index (κ2) is 6.33. The first-order valence-corrected chi connectivity index (χ1v) is 9.36. The van der Waals surface area contributed by atoms with E-state index in [1.165, 1.54) is 21.2 Å². The summed E-state index contributed by atoms with van der Waals surface area (Å²) in [6, 6.07) is 19.6. The molecule has 2 aromatic carbocycles. The Hall–Kier alpha value is -1.12. The highest BCUT2D eigenvalue weighted by atomic mass is 79.9. The second-order valence-corrected chi connectivity index (χ2v) is 7.04. The normalized spacial score (nSPS) is 14.2. The van der Waals surface area contributed by atoms with E-state index in [2.05, 4.69) is 82.8 Å². The van der Waals surface area contributed by atoms with Gasteiger partial charge < -0.3 is 0 Å². The van der Waals surface area contributed by atoms with Gasteiger partial charge in [0, 0.05) is 15.4 Å². The van der Waals surface area contributed by atoms with Crippen LogP contribution >= 0.6 is 27.3 Å². The van der Waals surface area contributed by atoms with Crippen LogP contribution in [-0.2, 0) is 11.8 Å². The number of alkyl halides is 1. The second-order valence-electron chi connectivity index (χ2n) is 5.57. The topological polar surface area (TPSA) is 0 Å². The molecule has 108 valence electrons. The summed E-state index contributed by atoms with van der Waals surface area (Å²) in [6.07, 6.45) is 2.22. The summed E-state index contributed by atoms with van der Waals surface area (Å²) in [5, 5.41) is 4.74. The molecule has 0 amide bonds. The van der Waals surface area contributed by atoms with E-state index in [9.17, 15) is 0 Å². The third-order valence-electron chi connectivity index (χ3n) is 4.41. The molecule has 1 atom stereocenters. The van der Waals surface area contributed by atoms with Crippen LogP contribution in [0.15, 0.2) is 60.0 Å². The van der Waals surface area contributed by atoms with Gasteiger partial charge in [0.05, 0.1) is 0 Å². The number of halogens is 1. The zero-order chi connectivity index (χ0) is 14.7. The summed E-state index contributed by atoms with van der Waals surface area (Å²) in [5.74, 6) is 0. The Labute approximate surface area is 139 Å². The molecule has 1 heterocycles. The van der Waals surface area contributed by atoms with Gasteiger partial charge in [-0.3, -0.25) is 0 Å². The zero-order valence-corrected chi connectivity index (χ0v) is 14.6. The van der Waals surface area contributed by atoms with Crippen molar-refractivity contribution in [1.82, 2.24) is 0 Å². The first kappa shape index (κ1) is 14.8. The molecule has 1 aromatic heterocycles. The minimum Gasteiger partial charge on any atom is -0.144 e. The lowest BCUT2D eigenvalue weighted by atomic mass is 9.75. The molecule has 0 saturated carbocycles. The molecule has 3 aromatic rings. The Balaban J connectivity index is 2.03. The lowest BCUT2D eigenvalue weighted by Gasteiger charge is -2.31. The van der Waals surface area contributed by atoms with Crippen molar-refractivity contribution in [3.05, 3.63) is 71.1 Å². The van der Waals surface area contributed by atoms with Gasteiger partial charge >= 0.3 is 0 Å². The zero-order valence-electron chi connectivity index (χ0n) is 12.2. The van der Waals surface area contributed by atoms with Crippen molar-refractivity contribution in [1.29, 1.82) is 0 Å². The van der Waals surface area contributed by atoms with Crippen molar-refractivity contribution < 1.29 is 0 Å². The predicted molar refractivity (Wildman–Crippen MR) is 97.7 cm³/mol. The van der Waals surface area contributed by atoms with Crippen LogP contribution in [0.25, 0.3) is 10.1 Å². The monoisotopic (exact) mass is 358 g/mol. The van der Waals surface area contributed by atoms with E-state index in [0.717, 1.165) is 18.2 Å². The molecule has 0 N–H and O–H groups in total. The summed E-state index contributed by atoms with van der Waals surface area (Å²) in [7, 11) is 0. The van der Waals surface area contributed by atoms with Crippen LogP contribution in [0.1, 0.15) is 24.5 Å². The number of rotatable bonds is 5. The van der Waals surface area contributed by atoms with Crippen LogP contribution < -0.4 is 0 Å². The molecule has 0 saturated heterocycles. The van der Waals surface area contributed by atoms with Gasteiger partial charge in [0.1, 0.15) is 0 Å². The van der Waals surface area contributed by atoms with Gasteiger partial charge in [-0.15, -0.1) is 11.3 Å². The number of hydrogen-bond donors (Lipinski definition) is 0. The molecule has 2 heteroatoms. The van der Waals surface area contributed by atoms with Crippen molar-refractivity contribution in [3.63, 3.8) is 0 Å². The summed E-state index contributed by atoms with van der Waals surface area (Å²) in [5.41, 5.74) is 3.07. The fourth-order valence-corrected chi connectivity index (χ4v) is 4.86. The number of hydrogen-bond acceptors (Lipinski definition) is 1. The van der Waals surface area contributed by atoms with Crippen molar-refractivity contribution >= 4 is 37.4 Å². The minimum absolute atomic E-state index is 0.172. The molecule has 0 aliphatic heterocycles. The van der Waals surface area contributed by atoms with E-state index in [0.29, 0.717) is 0 Å². The quantitative estimate of drug-likeness (QED) is 0.477. The lowest BCUT2D eigenvalue weighted by Crippen LogP contribution is -2.30. The van der Waals surface area contributed by atoms with Crippen LogP contribution in [0, 0.1) is 0 Å². The largest absolute Gasteiger partial charge is 0.144 e. The van der Waals surface area contributed by atoms with Crippen LogP contribution in [0.3, 0.4) is 0 Å². The van der Waals surface area contributed by atoms with Gasteiger partial charge in [-0.25, -0.2) is 0 Å². The summed E-state index contributed by atoms with van der Waals surface area (Å²) in [4.78, 5) is 0. The SMILES string of the molecule is CCC(CBr)(Cc1csc2ccccc12)c1ccccc1. The Bertz CT molecular complexity index is 711. The fraction of sp³-hybridized carbons (Fsp3) is 0.263. The molecule has 0 aliphatic carbocycles. The number of fused-ring (bicyclic) bond motifs is 1. The molecule has 3 rings (SSSR count). The Morgan fingerprint density at radius 1 is 1.00 bits per heavy atom. The molecule has 0 radical (unpaired) electrons. The summed E-state index contributed by atoms with van der Waals surface area (Å²) in [6.45, 7) is 2.29. The van der Waals surface area contributed by atoms with Gasteiger partial charge in [0.25, 0.3) is 0 Å². The Kier molecular flexibility index (Phi) is 4.46. The number of benzene rings is 2. The molecule has 0 spiro atoms. The molecule has 0 fully saturated rings. The Morgan fingerprint density at radius 2 is 1.71 bits per heavy atom. The van der Waals surface area contributed by atoms with Gasteiger partial charge in [-0.05, 0) is 40.8 Å². The lowest BCUT2D eigenvalue weighted by molar-refractivity contribution is 0.466. The van der Waals surface area contributed by atoms with E-state index in [1.807, 2.05) is 11.3 Å². The molecule has 1 unspecified atom stereocenters. The highest BCUT2D eigenvalue weighted by Gasteiger charge is 2.30. The molecule has 0 aliphatic rings. The highest BCUT2D eigenvalue weighted by molar-refractivity contribution is 9.09. The van der Waals surface area contributed by atoms with E-state index in [4.69, 9.17) is 0 Å². The Morgan fingerprint density at radius 3 is 2.43 bits per heavy atom. The van der Waals surface area contributed by atoms with Gasteiger partial charge in [-0.2, -0.15) is 0 Å². The summed E-state index contributed by atoms with van der Waals surface area (Å²) < 4.78 is 1.39. The van der Waals surface area contributed by atoms with Crippen molar-refractivity contribution in [3.8, 4) is 0 Å². The van der Waals surface area contributed by atoms with Crippen LogP contribution in [0.2, 0.25) is 0 Å². The highest BCUT2D eigenvalue weighted by Crippen LogP contribution is 2.37. The van der Waals surface area contributed by atoms with Crippen LogP contribution in [-0.4, -0.2) is 5.33 Å². The maximum Gasteiger partial charge on any atom is 0.0345 e. The smallest absolute Gasteiger partial charge is 0.0345 e. The average Bonchev–Trinajstić information content (AvgIpc) is 2.96. The molecular weight excluding hydrogens is 340 g/mol. The van der Waals surface area contributed by atoms with Crippen molar-refractivity contribution in [2.75, 3.05) is 5.33 Å². The molecule has 0 bridgehead atoms. The maximum atomic E-state index is 3.78. The third-order valence-corrected chi connectivity index (χ3v) is 6.49. The first-order valence-electron chi connectivity index (χ1n) is 7.36. The fourth-order valence-electron chi connectivity index (χ4n) is 2.98. The van der Waals surface area contributed by atoms with Crippen molar-refractivity contribution in [2.24, 2.45) is 0 Å². The van der Waals surface area contributed by atoms with E-state index >= 15 is 0 Å². The van der Waals surface area contributed by atoms with Gasteiger partial charge in [-0.1, -0.05) is 71.4 Å². The number of thiophene rings is 1. The predicted octanol–water partition coefficient (Wildman–Crippen LogP) is 6.19. The molecule has 21 heavy (non-hydrogen) atoms. The third kappa shape index (κ3) is 2.79. The first-order chi connectivity index (χ1) is 10.3.